The van der Waals surface area contributed by atoms with Gasteiger partial charge in [-0.25, -0.2) is 14.4 Å². The fourth-order valence-corrected chi connectivity index (χ4v) is 2.55. The SMILES string of the molecule is Cc1c(Oc2ccc(C(N)=O)cc2F)ncnc1OC1CCNCC1. The molecule has 3 rings (SSSR count). The molecule has 1 aromatic carbocycles. The molecule has 0 bridgehead atoms. The first-order valence-electron chi connectivity index (χ1n) is 8.01. The molecular weight excluding hydrogens is 327 g/mol. The standard InChI is InChI=1S/C17H19FN4O3/c1-10-16(24-12-4-6-20-7-5-12)21-9-22-17(10)25-14-3-2-11(15(19)23)8-13(14)18/h2-3,8-9,12,20H,4-7H2,1H3,(H2,19,23). The second kappa shape index (κ2) is 7.43. The van der Waals surface area contributed by atoms with Crippen LogP contribution in [0.2, 0.25) is 0 Å². The van der Waals surface area contributed by atoms with Gasteiger partial charge in [-0.05, 0) is 51.1 Å². The average Bonchev–Trinajstić information content (AvgIpc) is 2.60. The van der Waals surface area contributed by atoms with Gasteiger partial charge in [0.1, 0.15) is 12.4 Å². The number of rotatable bonds is 5. The number of hydrogen-bond acceptors (Lipinski definition) is 6. The molecule has 0 atom stereocenters. The molecule has 1 aromatic heterocycles. The van der Waals surface area contributed by atoms with E-state index >= 15 is 0 Å². The summed E-state index contributed by atoms with van der Waals surface area (Å²) in [5.74, 6) is -0.841. The minimum atomic E-state index is -0.707. The quantitative estimate of drug-likeness (QED) is 0.858. The Kier molecular flexibility index (Phi) is 5.08. The van der Waals surface area contributed by atoms with Crippen molar-refractivity contribution in [1.29, 1.82) is 0 Å². The molecule has 0 unspecified atom stereocenters. The maximum absolute atomic E-state index is 14.1. The fourth-order valence-electron chi connectivity index (χ4n) is 2.55. The number of primary amides is 1. The summed E-state index contributed by atoms with van der Waals surface area (Å²) in [4.78, 5) is 19.3. The summed E-state index contributed by atoms with van der Waals surface area (Å²) in [6, 6.07) is 3.76. The van der Waals surface area contributed by atoms with E-state index in [9.17, 15) is 9.18 Å². The number of hydrogen-bond donors (Lipinski definition) is 2. The molecule has 1 amide bonds. The van der Waals surface area contributed by atoms with Gasteiger partial charge in [0.25, 0.3) is 0 Å². The van der Waals surface area contributed by atoms with Crippen LogP contribution in [0.1, 0.15) is 28.8 Å². The number of nitrogens with one attached hydrogen (secondary N) is 1. The Bertz CT molecular complexity index is 778. The zero-order chi connectivity index (χ0) is 17.8. The van der Waals surface area contributed by atoms with Gasteiger partial charge in [-0.1, -0.05) is 0 Å². The van der Waals surface area contributed by atoms with Crippen molar-refractivity contribution in [3.8, 4) is 17.5 Å². The Morgan fingerprint density at radius 2 is 2.00 bits per heavy atom. The van der Waals surface area contributed by atoms with E-state index in [0.717, 1.165) is 32.0 Å². The number of amides is 1. The van der Waals surface area contributed by atoms with Crippen LogP contribution < -0.4 is 20.5 Å². The number of piperidine rings is 1. The zero-order valence-electron chi connectivity index (χ0n) is 13.8. The van der Waals surface area contributed by atoms with Crippen LogP contribution in [0.15, 0.2) is 24.5 Å². The van der Waals surface area contributed by atoms with E-state index in [1.165, 1.54) is 18.5 Å². The van der Waals surface area contributed by atoms with Crippen molar-refractivity contribution in [3.05, 3.63) is 41.5 Å². The van der Waals surface area contributed by atoms with Crippen LogP contribution in [0.4, 0.5) is 4.39 Å². The van der Waals surface area contributed by atoms with Crippen LogP contribution >= 0.6 is 0 Å². The van der Waals surface area contributed by atoms with Gasteiger partial charge in [0.2, 0.25) is 17.7 Å². The van der Waals surface area contributed by atoms with Gasteiger partial charge < -0.3 is 20.5 Å². The first-order valence-corrected chi connectivity index (χ1v) is 8.01. The van der Waals surface area contributed by atoms with Gasteiger partial charge in [-0.15, -0.1) is 0 Å². The number of ether oxygens (including phenoxy) is 2. The second-order valence-corrected chi connectivity index (χ2v) is 5.79. The Balaban J connectivity index is 1.78. The average molecular weight is 346 g/mol. The third-order valence-electron chi connectivity index (χ3n) is 3.98. The highest BCUT2D eigenvalue weighted by Crippen LogP contribution is 2.30. The minimum absolute atomic E-state index is 0.0559. The molecule has 2 heterocycles. The highest BCUT2D eigenvalue weighted by atomic mass is 19.1. The predicted octanol–water partition coefficient (Wildman–Crippen LogP) is 1.95. The largest absolute Gasteiger partial charge is 0.474 e. The molecule has 25 heavy (non-hydrogen) atoms. The molecule has 132 valence electrons. The van der Waals surface area contributed by atoms with Crippen LogP contribution in [0.5, 0.6) is 17.5 Å². The lowest BCUT2D eigenvalue weighted by Gasteiger charge is -2.24. The summed E-state index contributed by atoms with van der Waals surface area (Å²) in [6.07, 6.45) is 3.18. The van der Waals surface area contributed by atoms with Crippen LogP contribution in [-0.2, 0) is 0 Å². The summed E-state index contributed by atoms with van der Waals surface area (Å²) >= 11 is 0. The summed E-state index contributed by atoms with van der Waals surface area (Å²) in [5.41, 5.74) is 5.78. The number of aromatic nitrogens is 2. The van der Waals surface area contributed by atoms with Gasteiger partial charge >= 0.3 is 0 Å². The van der Waals surface area contributed by atoms with Gasteiger partial charge in [-0.3, -0.25) is 4.79 Å². The maximum Gasteiger partial charge on any atom is 0.248 e. The summed E-state index contributed by atoms with van der Waals surface area (Å²) in [5, 5.41) is 3.27. The molecule has 0 aliphatic carbocycles. The summed E-state index contributed by atoms with van der Waals surface area (Å²) in [7, 11) is 0. The summed E-state index contributed by atoms with van der Waals surface area (Å²) in [6.45, 7) is 3.55. The first-order chi connectivity index (χ1) is 12.0. The predicted molar refractivity (Wildman–Crippen MR) is 88.3 cm³/mol. The molecule has 0 saturated carbocycles. The highest BCUT2D eigenvalue weighted by Gasteiger charge is 2.19. The third-order valence-corrected chi connectivity index (χ3v) is 3.98. The number of nitrogens with zero attached hydrogens (tertiary/aromatic N) is 2. The van der Waals surface area contributed by atoms with Crippen molar-refractivity contribution in [3.63, 3.8) is 0 Å². The molecular formula is C17H19FN4O3. The van der Waals surface area contributed by atoms with Gasteiger partial charge in [0.15, 0.2) is 11.6 Å². The van der Waals surface area contributed by atoms with Crippen LogP contribution in [-0.4, -0.2) is 35.1 Å². The topological polar surface area (TPSA) is 99.4 Å². The molecule has 8 heteroatoms. The molecule has 0 radical (unpaired) electrons. The lowest BCUT2D eigenvalue weighted by molar-refractivity contribution is 0.1000. The summed E-state index contributed by atoms with van der Waals surface area (Å²) < 4.78 is 25.5. The molecule has 0 spiro atoms. The van der Waals surface area contributed by atoms with Gasteiger partial charge in [-0.2, -0.15) is 0 Å². The van der Waals surface area contributed by atoms with Gasteiger partial charge in [0, 0.05) is 5.56 Å². The zero-order valence-corrected chi connectivity index (χ0v) is 13.8. The Hall–Kier alpha value is -2.74. The van der Waals surface area contributed by atoms with E-state index < -0.39 is 11.7 Å². The Labute approximate surface area is 144 Å². The van der Waals surface area contributed by atoms with E-state index in [1.807, 2.05) is 0 Å². The first kappa shape index (κ1) is 17.1. The maximum atomic E-state index is 14.1. The van der Waals surface area contributed by atoms with E-state index in [2.05, 4.69) is 15.3 Å². The lowest BCUT2D eigenvalue weighted by atomic mass is 10.1. The van der Waals surface area contributed by atoms with Crippen molar-refractivity contribution < 1.29 is 18.7 Å². The number of benzene rings is 1. The van der Waals surface area contributed by atoms with Gasteiger partial charge in [0.05, 0.1) is 5.56 Å². The third kappa shape index (κ3) is 4.03. The van der Waals surface area contributed by atoms with Crippen molar-refractivity contribution in [2.24, 2.45) is 5.73 Å². The van der Waals surface area contributed by atoms with E-state index in [0.29, 0.717) is 11.4 Å². The monoisotopic (exact) mass is 346 g/mol. The van der Waals surface area contributed by atoms with Crippen molar-refractivity contribution in [1.82, 2.24) is 15.3 Å². The van der Waals surface area contributed by atoms with E-state index in [1.54, 1.807) is 6.92 Å². The molecule has 2 aromatic rings. The van der Waals surface area contributed by atoms with Crippen LogP contribution in [0.25, 0.3) is 0 Å². The smallest absolute Gasteiger partial charge is 0.248 e. The molecule has 1 aliphatic heterocycles. The highest BCUT2D eigenvalue weighted by molar-refractivity contribution is 5.92. The van der Waals surface area contributed by atoms with E-state index in [-0.39, 0.29) is 23.3 Å². The number of nitrogens with two attached hydrogens (primary N) is 1. The fraction of sp³-hybridized carbons (Fsp3) is 0.353. The second-order valence-electron chi connectivity index (χ2n) is 5.79. The normalized spacial score (nSPS) is 15.0. The van der Waals surface area contributed by atoms with Crippen LogP contribution in [0, 0.1) is 12.7 Å². The number of halogens is 1. The molecule has 1 fully saturated rings. The van der Waals surface area contributed by atoms with Crippen LogP contribution in [0.3, 0.4) is 0 Å². The molecule has 7 nitrogen and oxygen atoms in total. The lowest BCUT2D eigenvalue weighted by Crippen LogP contribution is -2.34. The molecule has 3 N–H and O–H groups in total. The minimum Gasteiger partial charge on any atom is -0.474 e. The number of carbonyl (C=O) groups is 1. The molecule has 1 aliphatic rings. The Morgan fingerprint density at radius 1 is 1.28 bits per heavy atom. The van der Waals surface area contributed by atoms with E-state index in [4.69, 9.17) is 15.2 Å². The number of carbonyl (C=O) groups excluding carboxylic acids is 1. The van der Waals surface area contributed by atoms with Crippen molar-refractivity contribution in [2.45, 2.75) is 25.9 Å². The Morgan fingerprint density at radius 3 is 2.68 bits per heavy atom. The van der Waals surface area contributed by atoms with Crippen molar-refractivity contribution >= 4 is 5.91 Å². The molecule has 1 saturated heterocycles. The van der Waals surface area contributed by atoms with Crippen molar-refractivity contribution in [2.75, 3.05) is 13.1 Å².